The normalized spacial score (nSPS) is 13.8. The van der Waals surface area contributed by atoms with Crippen LogP contribution in [0.15, 0.2) is 0 Å². The van der Waals surface area contributed by atoms with Gasteiger partial charge in [0, 0.05) is 25.7 Å². The first kappa shape index (κ1) is 15.7. The van der Waals surface area contributed by atoms with Crippen LogP contribution in [-0.4, -0.2) is 23.6 Å². The molecule has 0 aromatic heterocycles. The predicted molar refractivity (Wildman–Crippen MR) is 63.3 cm³/mol. The zero-order valence-electron chi connectivity index (χ0n) is 10.7. The van der Waals surface area contributed by atoms with Crippen molar-refractivity contribution in [3.63, 3.8) is 0 Å². The largest absolute Gasteiger partial charge is 0.300 e. The van der Waals surface area contributed by atoms with Gasteiger partial charge >= 0.3 is 0 Å². The predicted octanol–water partition coefficient (Wildman–Crippen LogP) is 1.80. The summed E-state index contributed by atoms with van der Waals surface area (Å²) in [6.07, 6.45) is 2.33. The smallest absolute Gasteiger partial charge is 0.213 e. The van der Waals surface area contributed by atoms with Crippen LogP contribution in [0.2, 0.25) is 0 Å². The third-order valence-electron chi connectivity index (χ3n) is 2.63. The Labute approximate surface area is 102 Å². The Morgan fingerprint density at radius 3 is 2.06 bits per heavy atom. The number of Topliss-reactive ketones (excluding diaryl/α,β-unsaturated/α-hetero) is 3. The van der Waals surface area contributed by atoms with E-state index in [2.05, 4.69) is 0 Å². The maximum atomic E-state index is 11.8. The summed E-state index contributed by atoms with van der Waals surface area (Å²) in [6, 6.07) is 0. The molecule has 0 saturated carbocycles. The van der Waals surface area contributed by atoms with Crippen molar-refractivity contribution in [2.24, 2.45) is 5.41 Å². The molecule has 4 nitrogen and oxygen atoms in total. The van der Waals surface area contributed by atoms with Gasteiger partial charge < -0.3 is 0 Å². The van der Waals surface area contributed by atoms with Gasteiger partial charge in [-0.1, -0.05) is 13.8 Å². The number of carbonyl (C=O) groups excluding carboxylic acids is 4. The molecule has 0 aromatic rings. The van der Waals surface area contributed by atoms with Crippen LogP contribution in [0, 0.1) is 5.41 Å². The van der Waals surface area contributed by atoms with Crippen LogP contribution in [0.1, 0.15) is 52.9 Å². The molecular weight excluding hydrogens is 220 g/mol. The van der Waals surface area contributed by atoms with E-state index in [9.17, 15) is 19.2 Å². The van der Waals surface area contributed by atoms with Crippen LogP contribution in [0.3, 0.4) is 0 Å². The zero-order valence-corrected chi connectivity index (χ0v) is 10.7. The molecule has 17 heavy (non-hydrogen) atoms. The molecule has 1 radical (unpaired) electrons. The SMILES string of the molecule is CCCC(=O)CC([C]=O)(CC(C)=O)C(=O)CC. The summed E-state index contributed by atoms with van der Waals surface area (Å²) in [5, 5.41) is 0. The first-order chi connectivity index (χ1) is 7.91. The summed E-state index contributed by atoms with van der Waals surface area (Å²) in [5.74, 6) is -0.828. The number of hydrogen-bond acceptors (Lipinski definition) is 4. The summed E-state index contributed by atoms with van der Waals surface area (Å²) < 4.78 is 0. The molecule has 0 aliphatic carbocycles. The van der Waals surface area contributed by atoms with Crippen molar-refractivity contribution >= 4 is 23.6 Å². The van der Waals surface area contributed by atoms with E-state index in [1.54, 1.807) is 13.2 Å². The first-order valence-corrected chi connectivity index (χ1v) is 5.85. The average molecular weight is 239 g/mol. The highest BCUT2D eigenvalue weighted by molar-refractivity contribution is 6.05. The van der Waals surface area contributed by atoms with Crippen LogP contribution in [0.5, 0.6) is 0 Å². The maximum Gasteiger partial charge on any atom is 0.213 e. The van der Waals surface area contributed by atoms with Gasteiger partial charge in [-0.15, -0.1) is 0 Å². The first-order valence-electron chi connectivity index (χ1n) is 5.85. The van der Waals surface area contributed by atoms with Crippen molar-refractivity contribution in [3.8, 4) is 0 Å². The standard InChI is InChI=1S/C13H19O4/c1-4-6-11(16)8-13(9-14,7-10(3)15)12(17)5-2/h4-8H2,1-3H3. The Morgan fingerprint density at radius 1 is 1.12 bits per heavy atom. The Hall–Kier alpha value is -1.32. The fourth-order valence-electron chi connectivity index (χ4n) is 1.86. The molecule has 0 aromatic carbocycles. The van der Waals surface area contributed by atoms with Crippen LogP contribution in [0.4, 0.5) is 0 Å². The van der Waals surface area contributed by atoms with Gasteiger partial charge in [0.2, 0.25) is 6.29 Å². The van der Waals surface area contributed by atoms with Gasteiger partial charge in [-0.2, -0.15) is 0 Å². The lowest BCUT2D eigenvalue weighted by atomic mass is 9.75. The Balaban J connectivity index is 5.04. The second-order valence-corrected chi connectivity index (χ2v) is 4.31. The van der Waals surface area contributed by atoms with Gasteiger partial charge in [0.1, 0.15) is 22.8 Å². The second-order valence-electron chi connectivity index (χ2n) is 4.31. The van der Waals surface area contributed by atoms with Gasteiger partial charge in [0.25, 0.3) is 0 Å². The lowest BCUT2D eigenvalue weighted by Gasteiger charge is -2.23. The minimum atomic E-state index is -1.55. The molecule has 0 fully saturated rings. The molecule has 4 heteroatoms. The average Bonchev–Trinajstić information content (AvgIpc) is 2.26. The maximum absolute atomic E-state index is 11.8. The third kappa shape index (κ3) is 4.59. The van der Waals surface area contributed by atoms with Gasteiger partial charge in [-0.05, 0) is 13.3 Å². The molecule has 0 aliphatic rings. The lowest BCUT2D eigenvalue weighted by molar-refractivity contribution is -0.133. The fourth-order valence-corrected chi connectivity index (χ4v) is 1.86. The molecule has 0 rings (SSSR count). The molecule has 0 N–H and O–H groups in total. The molecule has 0 bridgehead atoms. The van der Waals surface area contributed by atoms with Gasteiger partial charge in [-0.3, -0.25) is 19.2 Å². The van der Waals surface area contributed by atoms with Crippen molar-refractivity contribution in [2.75, 3.05) is 0 Å². The molecule has 95 valence electrons. The van der Waals surface area contributed by atoms with Crippen LogP contribution >= 0.6 is 0 Å². The summed E-state index contributed by atoms with van der Waals surface area (Å²) in [7, 11) is 0. The molecule has 1 unspecified atom stereocenters. The molecular formula is C13H19O4. The van der Waals surface area contributed by atoms with Gasteiger partial charge in [-0.25, -0.2) is 0 Å². The van der Waals surface area contributed by atoms with E-state index in [4.69, 9.17) is 0 Å². The Bertz CT molecular complexity index is 319. The van der Waals surface area contributed by atoms with Crippen molar-refractivity contribution in [2.45, 2.75) is 52.9 Å². The molecule has 1 atom stereocenters. The van der Waals surface area contributed by atoms with Crippen LogP contribution in [-0.2, 0) is 19.2 Å². The summed E-state index contributed by atoms with van der Waals surface area (Å²) in [5.41, 5.74) is -1.55. The van der Waals surface area contributed by atoms with Crippen molar-refractivity contribution < 1.29 is 19.2 Å². The zero-order chi connectivity index (χ0) is 13.5. The van der Waals surface area contributed by atoms with Crippen molar-refractivity contribution in [1.82, 2.24) is 0 Å². The minimum Gasteiger partial charge on any atom is -0.300 e. The highest BCUT2D eigenvalue weighted by atomic mass is 16.2. The van der Waals surface area contributed by atoms with Crippen molar-refractivity contribution in [3.05, 3.63) is 0 Å². The quantitative estimate of drug-likeness (QED) is 0.575. The van der Waals surface area contributed by atoms with Gasteiger partial charge in [0.15, 0.2) is 0 Å². The number of ketones is 3. The van der Waals surface area contributed by atoms with Crippen LogP contribution < -0.4 is 0 Å². The van der Waals surface area contributed by atoms with E-state index in [0.717, 1.165) is 0 Å². The fraction of sp³-hybridized carbons (Fsp3) is 0.692. The Kier molecular flexibility index (Phi) is 6.54. The second kappa shape index (κ2) is 7.09. The lowest BCUT2D eigenvalue weighted by Crippen LogP contribution is -2.36. The minimum absolute atomic E-state index is 0.127. The van der Waals surface area contributed by atoms with E-state index in [0.29, 0.717) is 12.8 Å². The van der Waals surface area contributed by atoms with E-state index < -0.39 is 5.41 Å². The summed E-state index contributed by atoms with van der Waals surface area (Å²) >= 11 is 0. The van der Waals surface area contributed by atoms with Crippen LogP contribution in [0.25, 0.3) is 0 Å². The number of rotatable bonds is 9. The van der Waals surface area contributed by atoms with E-state index in [1.165, 1.54) is 6.92 Å². The Morgan fingerprint density at radius 2 is 1.71 bits per heavy atom. The van der Waals surface area contributed by atoms with Gasteiger partial charge in [0.05, 0.1) is 0 Å². The molecule has 0 saturated heterocycles. The molecule has 0 amide bonds. The summed E-state index contributed by atoms with van der Waals surface area (Å²) in [6.45, 7) is 4.76. The van der Waals surface area contributed by atoms with E-state index in [1.807, 2.05) is 6.92 Å². The van der Waals surface area contributed by atoms with E-state index >= 15 is 0 Å². The molecule has 0 aliphatic heterocycles. The topological polar surface area (TPSA) is 68.3 Å². The van der Waals surface area contributed by atoms with Crippen molar-refractivity contribution in [1.29, 1.82) is 0 Å². The number of hydrogen-bond donors (Lipinski definition) is 0. The van der Waals surface area contributed by atoms with E-state index in [-0.39, 0.29) is 36.6 Å². The highest BCUT2D eigenvalue weighted by Crippen LogP contribution is 2.28. The third-order valence-corrected chi connectivity index (χ3v) is 2.63. The number of carbonyl (C=O) groups is 3. The summed E-state index contributed by atoms with van der Waals surface area (Å²) in [4.78, 5) is 45.5. The molecule has 0 spiro atoms. The molecule has 0 heterocycles. The highest BCUT2D eigenvalue weighted by Gasteiger charge is 2.40. The monoisotopic (exact) mass is 239 g/mol.